The van der Waals surface area contributed by atoms with Gasteiger partial charge in [-0.3, -0.25) is 9.59 Å². The Bertz CT molecular complexity index is 894. The first-order valence-corrected chi connectivity index (χ1v) is 9.24. The summed E-state index contributed by atoms with van der Waals surface area (Å²) >= 11 is 0. The van der Waals surface area contributed by atoms with E-state index in [1.54, 1.807) is 18.2 Å². The summed E-state index contributed by atoms with van der Waals surface area (Å²) < 4.78 is 16.0. The molecule has 0 bridgehead atoms. The number of nitrogens with one attached hydrogen (secondary N) is 2. The molecule has 0 spiro atoms. The Morgan fingerprint density at radius 3 is 2.66 bits per heavy atom. The van der Waals surface area contributed by atoms with Crippen molar-refractivity contribution in [3.05, 3.63) is 53.6 Å². The fourth-order valence-electron chi connectivity index (χ4n) is 2.43. The number of carbonyl (C=O) groups excluding carboxylic acids is 2. The lowest BCUT2D eigenvalue weighted by Crippen LogP contribution is -2.34. The molecule has 0 saturated carbocycles. The van der Waals surface area contributed by atoms with E-state index in [4.69, 9.17) is 14.2 Å². The van der Waals surface area contributed by atoms with Gasteiger partial charge in [0.2, 0.25) is 6.79 Å². The number of ether oxygens (including phenoxy) is 3. The minimum Gasteiger partial charge on any atom is -0.493 e. The molecule has 1 aliphatic heterocycles. The Hall–Kier alpha value is -3.55. The Balaban J connectivity index is 1.42. The zero-order valence-electron chi connectivity index (χ0n) is 16.3. The van der Waals surface area contributed by atoms with Gasteiger partial charge in [-0.15, -0.1) is 0 Å². The predicted octanol–water partition coefficient (Wildman–Crippen LogP) is 2.33. The third-order valence-corrected chi connectivity index (χ3v) is 3.91. The molecule has 2 amide bonds. The van der Waals surface area contributed by atoms with Gasteiger partial charge in [0.05, 0.1) is 19.4 Å². The van der Waals surface area contributed by atoms with Crippen LogP contribution in [0, 0.1) is 5.92 Å². The summed E-state index contributed by atoms with van der Waals surface area (Å²) in [5.74, 6) is 1.51. The average molecular weight is 397 g/mol. The number of benzene rings is 2. The van der Waals surface area contributed by atoms with Crippen molar-refractivity contribution < 1.29 is 23.8 Å². The summed E-state index contributed by atoms with van der Waals surface area (Å²) in [6.07, 6.45) is 1.52. The van der Waals surface area contributed by atoms with Gasteiger partial charge in [-0.25, -0.2) is 5.43 Å². The molecule has 8 heteroatoms. The van der Waals surface area contributed by atoms with Crippen LogP contribution in [-0.4, -0.2) is 38.0 Å². The minimum absolute atomic E-state index is 0.133. The number of rotatable bonds is 8. The SMILES string of the molecule is CC(C)COc1ccc(C=NNC(=O)CNC(=O)c2ccc3c(c2)OCO3)cc1. The van der Waals surface area contributed by atoms with Gasteiger partial charge in [0.25, 0.3) is 11.8 Å². The molecule has 0 radical (unpaired) electrons. The van der Waals surface area contributed by atoms with Gasteiger partial charge in [0.1, 0.15) is 5.75 Å². The second-order valence-corrected chi connectivity index (χ2v) is 6.82. The monoisotopic (exact) mass is 397 g/mol. The molecule has 2 aromatic carbocycles. The van der Waals surface area contributed by atoms with E-state index in [9.17, 15) is 9.59 Å². The standard InChI is InChI=1S/C21H23N3O5/c1-14(2)12-27-17-6-3-15(4-7-17)10-23-24-20(25)11-22-21(26)16-5-8-18-19(9-16)29-13-28-18/h3-10,14H,11-13H2,1-2H3,(H,22,26)(H,24,25). The molecule has 2 N–H and O–H groups in total. The van der Waals surface area contributed by atoms with E-state index in [2.05, 4.69) is 29.7 Å². The maximum Gasteiger partial charge on any atom is 0.259 e. The van der Waals surface area contributed by atoms with Crippen LogP contribution >= 0.6 is 0 Å². The van der Waals surface area contributed by atoms with Crippen LogP contribution in [0.25, 0.3) is 0 Å². The van der Waals surface area contributed by atoms with Crippen molar-refractivity contribution >= 4 is 18.0 Å². The third kappa shape index (κ3) is 5.97. The molecule has 8 nitrogen and oxygen atoms in total. The van der Waals surface area contributed by atoms with E-state index in [1.807, 2.05) is 24.3 Å². The highest BCUT2D eigenvalue weighted by Crippen LogP contribution is 2.32. The zero-order chi connectivity index (χ0) is 20.6. The lowest BCUT2D eigenvalue weighted by molar-refractivity contribution is -0.120. The van der Waals surface area contributed by atoms with Crippen LogP contribution in [0.3, 0.4) is 0 Å². The molecule has 152 valence electrons. The van der Waals surface area contributed by atoms with Crippen molar-refractivity contribution in [2.24, 2.45) is 11.0 Å². The van der Waals surface area contributed by atoms with Crippen LogP contribution in [0.1, 0.15) is 29.8 Å². The summed E-state index contributed by atoms with van der Waals surface area (Å²) in [4.78, 5) is 24.0. The van der Waals surface area contributed by atoms with Gasteiger partial charge in [-0.1, -0.05) is 13.8 Å². The molecule has 1 aliphatic rings. The van der Waals surface area contributed by atoms with Crippen molar-refractivity contribution in [3.63, 3.8) is 0 Å². The predicted molar refractivity (Wildman–Crippen MR) is 107 cm³/mol. The van der Waals surface area contributed by atoms with Crippen molar-refractivity contribution in [2.75, 3.05) is 19.9 Å². The smallest absolute Gasteiger partial charge is 0.259 e. The van der Waals surface area contributed by atoms with Crippen LogP contribution in [-0.2, 0) is 4.79 Å². The molecule has 0 saturated heterocycles. The Kier molecular flexibility index (Phi) is 6.67. The zero-order valence-corrected chi connectivity index (χ0v) is 16.3. The van der Waals surface area contributed by atoms with Crippen LogP contribution in [0.2, 0.25) is 0 Å². The van der Waals surface area contributed by atoms with Crippen LogP contribution in [0.4, 0.5) is 0 Å². The maximum absolute atomic E-state index is 12.1. The van der Waals surface area contributed by atoms with Crippen molar-refractivity contribution in [1.82, 2.24) is 10.7 Å². The quantitative estimate of drug-likeness (QED) is 0.526. The number of hydrazone groups is 1. The number of hydrogen-bond acceptors (Lipinski definition) is 6. The van der Waals surface area contributed by atoms with Crippen LogP contribution in [0.5, 0.6) is 17.2 Å². The summed E-state index contributed by atoms with van der Waals surface area (Å²) in [5.41, 5.74) is 3.57. The highest BCUT2D eigenvalue weighted by atomic mass is 16.7. The molecular formula is C21H23N3O5. The van der Waals surface area contributed by atoms with Crippen LogP contribution < -0.4 is 25.0 Å². The second-order valence-electron chi connectivity index (χ2n) is 6.82. The number of carbonyl (C=O) groups is 2. The number of amides is 2. The summed E-state index contributed by atoms with van der Waals surface area (Å²) in [5, 5.41) is 6.42. The van der Waals surface area contributed by atoms with E-state index < -0.39 is 5.91 Å². The molecular weight excluding hydrogens is 374 g/mol. The van der Waals surface area contributed by atoms with Gasteiger partial charge in [-0.2, -0.15) is 5.10 Å². The second kappa shape index (κ2) is 9.59. The molecule has 2 aromatic rings. The first-order chi connectivity index (χ1) is 14.0. The first-order valence-electron chi connectivity index (χ1n) is 9.24. The fraction of sp³-hybridized carbons (Fsp3) is 0.286. The van der Waals surface area contributed by atoms with E-state index in [1.165, 1.54) is 6.21 Å². The van der Waals surface area contributed by atoms with E-state index in [-0.39, 0.29) is 19.2 Å². The minimum atomic E-state index is -0.438. The van der Waals surface area contributed by atoms with Gasteiger partial charge in [0.15, 0.2) is 11.5 Å². The molecule has 0 aromatic heterocycles. The Labute approximate surface area is 168 Å². The van der Waals surface area contributed by atoms with Gasteiger partial charge in [0, 0.05) is 5.56 Å². The summed E-state index contributed by atoms with van der Waals surface area (Å²) in [6.45, 7) is 4.76. The maximum atomic E-state index is 12.1. The lowest BCUT2D eigenvalue weighted by Gasteiger charge is -2.08. The molecule has 3 rings (SSSR count). The summed E-state index contributed by atoms with van der Waals surface area (Å²) in [6, 6.07) is 12.2. The van der Waals surface area contributed by atoms with E-state index in [0.717, 1.165) is 11.3 Å². The fourth-order valence-corrected chi connectivity index (χ4v) is 2.43. The van der Waals surface area contributed by atoms with Crippen LogP contribution in [0.15, 0.2) is 47.6 Å². The summed E-state index contributed by atoms with van der Waals surface area (Å²) in [7, 11) is 0. The molecule has 0 fully saturated rings. The topological polar surface area (TPSA) is 98.2 Å². The molecule has 1 heterocycles. The largest absolute Gasteiger partial charge is 0.493 e. The van der Waals surface area contributed by atoms with Gasteiger partial charge >= 0.3 is 0 Å². The van der Waals surface area contributed by atoms with Crippen molar-refractivity contribution in [1.29, 1.82) is 0 Å². The van der Waals surface area contributed by atoms with Gasteiger partial charge < -0.3 is 19.5 Å². The normalized spacial score (nSPS) is 12.2. The van der Waals surface area contributed by atoms with E-state index in [0.29, 0.717) is 29.6 Å². The number of hydrogen-bond donors (Lipinski definition) is 2. The lowest BCUT2D eigenvalue weighted by atomic mass is 10.2. The van der Waals surface area contributed by atoms with Gasteiger partial charge in [-0.05, 0) is 53.9 Å². The van der Waals surface area contributed by atoms with Crippen molar-refractivity contribution in [3.8, 4) is 17.2 Å². The van der Waals surface area contributed by atoms with Crippen molar-refractivity contribution in [2.45, 2.75) is 13.8 Å². The van der Waals surface area contributed by atoms with E-state index >= 15 is 0 Å². The highest BCUT2D eigenvalue weighted by Gasteiger charge is 2.16. The molecule has 0 aliphatic carbocycles. The Morgan fingerprint density at radius 1 is 1.14 bits per heavy atom. The highest BCUT2D eigenvalue weighted by molar-refractivity contribution is 5.97. The third-order valence-electron chi connectivity index (χ3n) is 3.91. The first kappa shape index (κ1) is 20.2. The number of nitrogens with zero attached hydrogens (tertiary/aromatic N) is 1. The molecule has 0 unspecified atom stereocenters. The Morgan fingerprint density at radius 2 is 1.90 bits per heavy atom. The number of fused-ring (bicyclic) bond motifs is 1. The molecule has 0 atom stereocenters. The average Bonchev–Trinajstić information content (AvgIpc) is 3.19. The molecule has 29 heavy (non-hydrogen) atoms.